The quantitative estimate of drug-likeness (QED) is 0.159. The number of nitrogens with zero attached hydrogens (tertiary/aromatic N) is 3. The summed E-state index contributed by atoms with van der Waals surface area (Å²) in [5.41, 5.74) is 27.6. The summed E-state index contributed by atoms with van der Waals surface area (Å²) in [6, 6.07) is 62.4. The molecule has 2 aliphatic carbocycles. The summed E-state index contributed by atoms with van der Waals surface area (Å²) in [5.74, 6) is 0. The molecule has 3 nitrogen and oxygen atoms in total. The maximum absolute atomic E-state index is 2.64. The predicted octanol–water partition coefficient (Wildman–Crippen LogP) is 19.9. The lowest BCUT2D eigenvalue weighted by molar-refractivity contribution is 0.403. The van der Waals surface area contributed by atoms with Crippen LogP contribution in [0.3, 0.4) is 0 Å². The van der Waals surface area contributed by atoms with Crippen molar-refractivity contribution in [3.05, 3.63) is 202 Å². The number of thiophene rings is 1. The highest BCUT2D eigenvalue weighted by atomic mass is 32.1. The van der Waals surface area contributed by atoms with Gasteiger partial charge in [0.15, 0.2) is 0 Å². The molecule has 0 spiro atoms. The number of hydrogen-bond donors (Lipinski definition) is 0. The van der Waals surface area contributed by atoms with E-state index in [0.717, 1.165) is 29.2 Å². The van der Waals surface area contributed by atoms with Gasteiger partial charge in [-0.3, -0.25) is 0 Å². The van der Waals surface area contributed by atoms with Gasteiger partial charge in [-0.1, -0.05) is 191 Å². The third kappa shape index (κ3) is 8.39. The number of anilines is 9. The highest BCUT2D eigenvalue weighted by Gasteiger charge is 2.48. The summed E-state index contributed by atoms with van der Waals surface area (Å²) in [6.45, 7) is 42.4. The average Bonchev–Trinajstić information content (AvgIpc) is 2.03. The van der Waals surface area contributed by atoms with Crippen molar-refractivity contribution in [2.75, 3.05) is 14.7 Å². The zero-order valence-corrected chi connectivity index (χ0v) is 52.4. The second-order valence-electron chi connectivity index (χ2n) is 30.3. The zero-order valence-electron chi connectivity index (χ0n) is 51.5. The molecule has 0 radical (unpaired) electrons. The first-order valence-electron chi connectivity index (χ1n) is 29.8. The van der Waals surface area contributed by atoms with Crippen molar-refractivity contribution in [2.24, 2.45) is 0 Å². The van der Waals surface area contributed by atoms with Crippen LogP contribution in [-0.4, -0.2) is 6.71 Å². The Kier molecular flexibility index (Phi) is 11.6. The second-order valence-corrected chi connectivity index (χ2v) is 31.4. The maximum Gasteiger partial charge on any atom is 0.264 e. The molecule has 13 rings (SSSR count). The van der Waals surface area contributed by atoms with Crippen LogP contribution in [0.25, 0.3) is 21.2 Å². The fourth-order valence-corrected chi connectivity index (χ4v) is 16.0. The van der Waals surface area contributed by atoms with Gasteiger partial charge in [0.2, 0.25) is 0 Å². The Bertz CT molecular complexity index is 3950. The molecule has 9 aromatic rings. The topological polar surface area (TPSA) is 9.72 Å². The Labute approximate surface area is 489 Å². The van der Waals surface area contributed by atoms with Crippen molar-refractivity contribution in [3.8, 4) is 11.1 Å². The summed E-state index contributed by atoms with van der Waals surface area (Å²) in [7, 11) is 0. The molecule has 0 atom stereocenters. The molecular formula is C76H82BN3S. The van der Waals surface area contributed by atoms with Crippen LogP contribution in [0.4, 0.5) is 51.2 Å². The van der Waals surface area contributed by atoms with E-state index < -0.39 is 0 Å². The molecule has 0 fully saturated rings. The normalized spacial score (nSPS) is 16.4. The fraction of sp³-hybridized carbons (Fsp3) is 0.342. The third-order valence-corrected chi connectivity index (χ3v) is 20.3. The van der Waals surface area contributed by atoms with Crippen LogP contribution in [0.2, 0.25) is 0 Å². The minimum Gasteiger partial charge on any atom is -0.311 e. The summed E-state index contributed by atoms with van der Waals surface area (Å²) >= 11 is 2.02. The van der Waals surface area contributed by atoms with E-state index in [1.54, 1.807) is 0 Å². The zero-order chi connectivity index (χ0) is 57.5. The summed E-state index contributed by atoms with van der Waals surface area (Å²) in [6.07, 6.45) is 1.16. The minimum absolute atomic E-state index is 0.0136. The molecular weight excluding hydrogens is 998 g/mol. The highest BCUT2D eigenvalue weighted by molar-refractivity contribution is 7.33. The largest absolute Gasteiger partial charge is 0.311 e. The first kappa shape index (κ1) is 53.5. The van der Waals surface area contributed by atoms with E-state index in [4.69, 9.17) is 0 Å². The molecule has 0 amide bonds. The third-order valence-electron chi connectivity index (χ3n) is 19.1. The van der Waals surface area contributed by atoms with E-state index in [2.05, 4.69) is 297 Å². The standard InChI is InChI=1S/C76H82BN3S/c1-70(2,3)46-22-30-50(31-23-46)78(51-32-24-47(25-33-51)71(4,5)6)54-38-39-62-65(40-54)79(52-34-26-48(27-35-52)72(7,8)9)63-20-19-21-64-67(63)77(62)69-68(80(64)53-36-28-49(29-37-53)73(10,11)12)57-41-55-56-42-60-61(75(15,16)45-74(60,13)14)43-58(56)76(17,18)59(55)44-66(57)81-69/h19-44H,45H2,1-18H3. The van der Waals surface area contributed by atoms with Crippen LogP contribution in [0.15, 0.2) is 158 Å². The second kappa shape index (κ2) is 17.6. The summed E-state index contributed by atoms with van der Waals surface area (Å²) < 4.78 is 2.74. The monoisotopic (exact) mass is 1080 g/mol. The number of fused-ring (bicyclic) bond motifs is 10. The van der Waals surface area contributed by atoms with Gasteiger partial charge in [-0.2, -0.15) is 0 Å². The van der Waals surface area contributed by atoms with Crippen molar-refractivity contribution in [1.29, 1.82) is 0 Å². The summed E-state index contributed by atoms with van der Waals surface area (Å²) in [4.78, 5) is 7.69. The lowest BCUT2D eigenvalue weighted by Gasteiger charge is -2.43. The van der Waals surface area contributed by atoms with E-state index in [1.807, 2.05) is 11.3 Å². The van der Waals surface area contributed by atoms with E-state index in [0.29, 0.717) is 0 Å². The van der Waals surface area contributed by atoms with Crippen molar-refractivity contribution in [3.63, 3.8) is 0 Å². The van der Waals surface area contributed by atoms with Crippen LogP contribution in [0, 0.1) is 0 Å². The minimum atomic E-state index is -0.150. The molecule has 2 aliphatic heterocycles. The molecule has 8 aromatic carbocycles. The molecule has 5 heteroatoms. The molecule has 0 N–H and O–H groups in total. The molecule has 1 aromatic heterocycles. The molecule has 0 bridgehead atoms. The Hall–Kier alpha value is -6.82. The van der Waals surface area contributed by atoms with Gasteiger partial charge < -0.3 is 14.7 Å². The number of hydrogen-bond acceptors (Lipinski definition) is 4. The van der Waals surface area contributed by atoms with Crippen LogP contribution >= 0.6 is 11.3 Å². The molecule has 3 heterocycles. The number of rotatable bonds is 5. The van der Waals surface area contributed by atoms with Gasteiger partial charge in [0.25, 0.3) is 6.71 Å². The first-order chi connectivity index (χ1) is 37.9. The van der Waals surface area contributed by atoms with Crippen molar-refractivity contribution in [1.82, 2.24) is 0 Å². The van der Waals surface area contributed by atoms with Crippen LogP contribution < -0.4 is 30.4 Å². The van der Waals surface area contributed by atoms with Gasteiger partial charge in [0, 0.05) is 65.8 Å². The Morgan fingerprint density at radius 2 is 0.864 bits per heavy atom. The van der Waals surface area contributed by atoms with Gasteiger partial charge in [-0.05, 0) is 196 Å². The molecule has 4 aliphatic rings. The van der Waals surface area contributed by atoms with Gasteiger partial charge in [-0.25, -0.2) is 0 Å². The maximum atomic E-state index is 2.64. The molecule has 81 heavy (non-hydrogen) atoms. The first-order valence-corrected chi connectivity index (χ1v) is 30.6. The van der Waals surface area contributed by atoms with Crippen molar-refractivity contribution < 1.29 is 0 Å². The highest BCUT2D eigenvalue weighted by Crippen LogP contribution is 2.58. The Balaban J connectivity index is 1.08. The Morgan fingerprint density at radius 3 is 1.37 bits per heavy atom. The lowest BCUT2D eigenvalue weighted by Crippen LogP contribution is -2.60. The van der Waals surface area contributed by atoms with Crippen LogP contribution in [0.1, 0.15) is 176 Å². The average molecular weight is 1080 g/mol. The number of benzene rings is 8. The van der Waals surface area contributed by atoms with Crippen LogP contribution in [0.5, 0.6) is 0 Å². The van der Waals surface area contributed by atoms with E-state index in [-0.39, 0.29) is 44.6 Å². The lowest BCUT2D eigenvalue weighted by atomic mass is 9.36. The fourth-order valence-electron chi connectivity index (χ4n) is 14.7. The molecule has 410 valence electrons. The van der Waals surface area contributed by atoms with Crippen molar-refractivity contribution >= 4 is 95.0 Å². The Morgan fingerprint density at radius 1 is 0.432 bits per heavy atom. The molecule has 0 saturated heterocycles. The van der Waals surface area contributed by atoms with Crippen molar-refractivity contribution in [2.45, 2.75) is 169 Å². The van der Waals surface area contributed by atoms with Gasteiger partial charge in [0.1, 0.15) is 0 Å². The van der Waals surface area contributed by atoms with Gasteiger partial charge in [-0.15, -0.1) is 11.3 Å². The smallest absolute Gasteiger partial charge is 0.264 e. The SMILES string of the molecule is CC(C)(C)c1ccc(N(c2ccc(C(C)(C)C)cc2)c2ccc3c(c2)N(c2ccc(C(C)(C)C)cc2)c2cccc4c2B3c2sc3cc5c(cc3c2N4c2ccc(C(C)(C)C)cc2)-c2cc3c(cc2C5(C)C)C(C)(C)CC3(C)C)cc1. The van der Waals surface area contributed by atoms with E-state index >= 15 is 0 Å². The van der Waals surface area contributed by atoms with E-state index in [9.17, 15) is 0 Å². The van der Waals surface area contributed by atoms with E-state index in [1.165, 1.54) is 110 Å². The molecule has 0 saturated carbocycles. The van der Waals surface area contributed by atoms with Crippen LogP contribution in [-0.2, 0) is 37.9 Å². The van der Waals surface area contributed by atoms with Gasteiger partial charge in [0.05, 0.1) is 5.69 Å². The molecule has 0 unspecified atom stereocenters. The summed E-state index contributed by atoms with van der Waals surface area (Å²) in [5, 5.41) is 1.33. The predicted molar refractivity (Wildman–Crippen MR) is 354 cm³/mol. The van der Waals surface area contributed by atoms with Gasteiger partial charge >= 0.3 is 0 Å².